The van der Waals surface area contributed by atoms with Gasteiger partial charge in [0.1, 0.15) is 5.15 Å². The van der Waals surface area contributed by atoms with Crippen molar-refractivity contribution in [2.24, 2.45) is 7.05 Å². The molecule has 0 radical (unpaired) electrons. The Labute approximate surface area is 132 Å². The molecule has 0 aliphatic rings. The Hall–Kier alpha value is -1.51. The van der Waals surface area contributed by atoms with Crippen LogP contribution >= 0.6 is 11.6 Å². The molecular weight excluding hydrogens is 336 g/mol. The molecule has 0 aliphatic heterocycles. The summed E-state index contributed by atoms with van der Waals surface area (Å²) in [6.45, 7) is 1.56. The second kappa shape index (κ2) is 5.94. The van der Waals surface area contributed by atoms with Gasteiger partial charge in [-0.15, -0.1) is 0 Å². The fraction of sp³-hybridized carbons (Fsp3) is 0.308. The van der Waals surface area contributed by atoms with Gasteiger partial charge < -0.3 is 4.57 Å². The van der Waals surface area contributed by atoms with Gasteiger partial charge in [0.2, 0.25) is 5.03 Å². The molecule has 9 heteroatoms. The van der Waals surface area contributed by atoms with E-state index in [2.05, 4.69) is 4.98 Å². The van der Waals surface area contributed by atoms with Crippen LogP contribution in [0.4, 0.5) is 8.78 Å². The van der Waals surface area contributed by atoms with Gasteiger partial charge in [-0.1, -0.05) is 17.7 Å². The van der Waals surface area contributed by atoms with Crippen molar-refractivity contribution in [1.29, 1.82) is 0 Å². The first-order valence-corrected chi connectivity index (χ1v) is 8.08. The number of benzene rings is 1. The molecule has 2 aromatic rings. The van der Waals surface area contributed by atoms with Crippen molar-refractivity contribution in [2.75, 3.05) is 7.05 Å². The maximum Gasteiger partial charge on any atom is 0.263 e. The first-order valence-electron chi connectivity index (χ1n) is 6.26. The second-order valence-corrected chi connectivity index (χ2v) is 7.09. The van der Waals surface area contributed by atoms with Crippen LogP contribution < -0.4 is 0 Å². The van der Waals surface area contributed by atoms with E-state index in [1.165, 1.54) is 24.0 Å². The number of halogens is 3. The standard InChI is InChI=1S/C13H14ClF2N3O2S/c1-8(9-4-5-10(15)11(16)6-9)19(3)22(20,21)13-12(14)18(2)7-17-13/h4-8H,1-3H3/t8-/m1/s1. The minimum absolute atomic E-state index is 0.0238. The van der Waals surface area contributed by atoms with Gasteiger partial charge in [0.15, 0.2) is 11.6 Å². The molecule has 0 saturated carbocycles. The summed E-state index contributed by atoms with van der Waals surface area (Å²) in [5, 5.41) is -0.307. The lowest BCUT2D eigenvalue weighted by Gasteiger charge is -2.24. The van der Waals surface area contributed by atoms with Crippen LogP contribution in [-0.4, -0.2) is 29.3 Å². The van der Waals surface area contributed by atoms with Gasteiger partial charge >= 0.3 is 0 Å². The van der Waals surface area contributed by atoms with Crippen LogP contribution in [0, 0.1) is 11.6 Å². The zero-order valence-corrected chi connectivity index (χ0v) is 13.7. The molecule has 1 aromatic heterocycles. The highest BCUT2D eigenvalue weighted by molar-refractivity contribution is 7.89. The summed E-state index contributed by atoms with van der Waals surface area (Å²) in [6, 6.07) is 2.52. The average molecular weight is 350 g/mol. The number of nitrogens with zero attached hydrogens (tertiary/aromatic N) is 3. The quantitative estimate of drug-likeness (QED) is 0.852. The zero-order chi connectivity index (χ0) is 16.7. The fourth-order valence-corrected chi connectivity index (χ4v) is 3.63. The third-order valence-electron chi connectivity index (χ3n) is 3.43. The molecule has 0 fully saturated rings. The van der Waals surface area contributed by atoms with Crippen LogP contribution in [0.25, 0.3) is 0 Å². The highest BCUT2D eigenvalue weighted by Gasteiger charge is 2.31. The van der Waals surface area contributed by atoms with E-state index in [1.54, 1.807) is 14.0 Å². The Morgan fingerprint density at radius 3 is 2.45 bits per heavy atom. The Kier molecular flexibility index (Phi) is 4.55. The summed E-state index contributed by atoms with van der Waals surface area (Å²) in [6.07, 6.45) is 1.28. The number of imidazole rings is 1. The molecule has 0 amide bonds. The van der Waals surface area contributed by atoms with Gasteiger partial charge in [-0.3, -0.25) is 0 Å². The average Bonchev–Trinajstić information content (AvgIpc) is 2.81. The van der Waals surface area contributed by atoms with Crippen molar-refractivity contribution >= 4 is 21.6 Å². The maximum absolute atomic E-state index is 13.3. The summed E-state index contributed by atoms with van der Waals surface area (Å²) in [7, 11) is -1.08. The summed E-state index contributed by atoms with van der Waals surface area (Å²) in [5.41, 5.74) is 0.317. The van der Waals surface area contributed by atoms with Gasteiger partial charge in [0, 0.05) is 20.1 Å². The minimum atomic E-state index is -3.97. The topological polar surface area (TPSA) is 55.2 Å². The predicted molar refractivity (Wildman–Crippen MR) is 77.9 cm³/mol. The van der Waals surface area contributed by atoms with Crippen molar-refractivity contribution < 1.29 is 17.2 Å². The van der Waals surface area contributed by atoms with Crippen LogP contribution in [-0.2, 0) is 17.1 Å². The third kappa shape index (κ3) is 2.86. The molecule has 0 unspecified atom stereocenters. The molecule has 1 aromatic carbocycles. The predicted octanol–water partition coefficient (Wildman–Crippen LogP) is 2.73. The fourth-order valence-electron chi connectivity index (χ4n) is 1.89. The molecule has 1 heterocycles. The smallest absolute Gasteiger partial charge is 0.263 e. The van der Waals surface area contributed by atoms with Gasteiger partial charge in [-0.05, 0) is 24.6 Å². The van der Waals surface area contributed by atoms with E-state index in [0.717, 1.165) is 16.4 Å². The van der Waals surface area contributed by atoms with Crippen LogP contribution in [0.2, 0.25) is 5.15 Å². The Morgan fingerprint density at radius 1 is 1.32 bits per heavy atom. The molecular formula is C13H14ClF2N3O2S. The largest absolute Gasteiger partial charge is 0.324 e. The number of hydrogen-bond donors (Lipinski definition) is 0. The molecule has 22 heavy (non-hydrogen) atoms. The summed E-state index contributed by atoms with van der Waals surface area (Å²) >= 11 is 5.92. The van der Waals surface area contributed by atoms with Crippen LogP contribution in [0.3, 0.4) is 0 Å². The number of aromatic nitrogens is 2. The highest BCUT2D eigenvalue weighted by atomic mass is 35.5. The lowest BCUT2D eigenvalue weighted by molar-refractivity contribution is 0.394. The molecule has 0 bridgehead atoms. The molecule has 1 atom stereocenters. The van der Waals surface area contributed by atoms with Crippen molar-refractivity contribution in [2.45, 2.75) is 18.0 Å². The molecule has 120 valence electrons. The van der Waals surface area contributed by atoms with E-state index in [1.807, 2.05) is 0 Å². The molecule has 0 spiro atoms. The van der Waals surface area contributed by atoms with E-state index in [9.17, 15) is 17.2 Å². The lowest BCUT2D eigenvalue weighted by Crippen LogP contribution is -2.30. The van der Waals surface area contributed by atoms with Crippen molar-refractivity contribution in [3.8, 4) is 0 Å². The minimum Gasteiger partial charge on any atom is -0.324 e. The van der Waals surface area contributed by atoms with E-state index in [4.69, 9.17) is 11.6 Å². The van der Waals surface area contributed by atoms with Gasteiger partial charge in [0.25, 0.3) is 10.0 Å². The van der Waals surface area contributed by atoms with E-state index in [0.29, 0.717) is 5.56 Å². The maximum atomic E-state index is 13.3. The zero-order valence-electron chi connectivity index (χ0n) is 12.1. The number of aryl methyl sites for hydroxylation is 1. The first kappa shape index (κ1) is 16.9. The number of sulfonamides is 1. The van der Waals surface area contributed by atoms with Crippen molar-refractivity contribution in [3.63, 3.8) is 0 Å². The molecule has 0 N–H and O–H groups in total. The Balaban J connectivity index is 2.39. The molecule has 0 aliphatic carbocycles. The third-order valence-corrected chi connectivity index (χ3v) is 5.85. The Bertz CT molecular complexity index is 808. The molecule has 0 saturated heterocycles. The second-order valence-electron chi connectivity index (χ2n) is 4.82. The van der Waals surface area contributed by atoms with Crippen LogP contribution in [0.1, 0.15) is 18.5 Å². The highest BCUT2D eigenvalue weighted by Crippen LogP contribution is 2.29. The van der Waals surface area contributed by atoms with Gasteiger partial charge in [-0.25, -0.2) is 22.2 Å². The lowest BCUT2D eigenvalue weighted by atomic mass is 10.1. The van der Waals surface area contributed by atoms with Crippen molar-refractivity contribution in [3.05, 3.63) is 46.9 Å². The Morgan fingerprint density at radius 2 is 1.95 bits per heavy atom. The van der Waals surface area contributed by atoms with E-state index >= 15 is 0 Å². The molecule has 2 rings (SSSR count). The number of rotatable bonds is 4. The van der Waals surface area contributed by atoms with Gasteiger partial charge in [-0.2, -0.15) is 4.31 Å². The normalized spacial score (nSPS) is 13.6. The SMILES string of the molecule is C[C@H](c1ccc(F)c(F)c1)N(C)S(=O)(=O)c1ncn(C)c1Cl. The molecule has 5 nitrogen and oxygen atoms in total. The monoisotopic (exact) mass is 349 g/mol. The summed E-state index contributed by atoms with van der Waals surface area (Å²) < 4.78 is 53.7. The van der Waals surface area contributed by atoms with Crippen LogP contribution in [0.15, 0.2) is 29.6 Å². The van der Waals surface area contributed by atoms with Gasteiger partial charge in [0.05, 0.1) is 6.33 Å². The number of hydrogen-bond acceptors (Lipinski definition) is 3. The van der Waals surface area contributed by atoms with Crippen molar-refractivity contribution in [1.82, 2.24) is 13.9 Å². The van der Waals surface area contributed by atoms with Crippen LogP contribution in [0.5, 0.6) is 0 Å². The van der Waals surface area contributed by atoms with E-state index in [-0.39, 0.29) is 10.2 Å². The summed E-state index contributed by atoms with van der Waals surface area (Å²) in [5.74, 6) is -2.03. The first-order chi connectivity index (χ1) is 10.2. The van der Waals surface area contributed by atoms with E-state index < -0.39 is 27.7 Å². The summed E-state index contributed by atoms with van der Waals surface area (Å²) in [4.78, 5) is 3.78.